The summed E-state index contributed by atoms with van der Waals surface area (Å²) >= 11 is 0. The monoisotopic (exact) mass is 285 g/mol. The van der Waals surface area contributed by atoms with E-state index in [2.05, 4.69) is 5.32 Å². The molecule has 0 bridgehead atoms. The molecular weight excluding hydrogens is 270 g/mol. The fraction of sp³-hybridized carbons (Fsp3) is 0.188. The van der Waals surface area contributed by atoms with E-state index < -0.39 is 5.97 Å². The third-order valence-electron chi connectivity index (χ3n) is 3.78. The van der Waals surface area contributed by atoms with Crippen LogP contribution in [0.15, 0.2) is 36.4 Å². The number of rotatable bonds is 2. The molecule has 1 aliphatic heterocycles. The van der Waals surface area contributed by atoms with E-state index in [1.165, 1.54) is 0 Å². The molecule has 5 heteroatoms. The molecule has 108 valence electrons. The van der Waals surface area contributed by atoms with Gasteiger partial charge in [-0.05, 0) is 47.4 Å². The molecule has 1 heterocycles. The molecule has 0 aliphatic carbocycles. The number of phenols is 2. The summed E-state index contributed by atoms with van der Waals surface area (Å²) in [5, 5.41) is 31.6. The summed E-state index contributed by atoms with van der Waals surface area (Å²) in [7, 11) is 0. The maximum absolute atomic E-state index is 10.9. The number of carboxylic acids is 1. The Hall–Kier alpha value is -2.53. The van der Waals surface area contributed by atoms with Crippen LogP contribution in [0, 0.1) is 0 Å². The topological polar surface area (TPSA) is 89.8 Å². The van der Waals surface area contributed by atoms with Crippen molar-refractivity contribution in [2.24, 2.45) is 0 Å². The number of fused-ring (bicyclic) bond motifs is 1. The summed E-state index contributed by atoms with van der Waals surface area (Å²) < 4.78 is 0. The second-order valence-electron chi connectivity index (χ2n) is 5.10. The summed E-state index contributed by atoms with van der Waals surface area (Å²) in [5.41, 5.74) is 3.05. The standard InChI is InChI=1S/C16H15NO4/c18-13-7-11-5-6-17-15(12(11)8-14(13)19)9-1-3-10(4-2-9)16(20)21/h1-4,7-8,15,17-19H,5-6H2,(H,20,21)/t15-/m1/s1. The van der Waals surface area contributed by atoms with Crippen LogP contribution in [-0.2, 0) is 6.42 Å². The molecule has 0 saturated carbocycles. The second kappa shape index (κ2) is 5.10. The minimum Gasteiger partial charge on any atom is -0.504 e. The van der Waals surface area contributed by atoms with E-state index in [0.717, 1.165) is 29.7 Å². The van der Waals surface area contributed by atoms with Gasteiger partial charge < -0.3 is 20.6 Å². The number of hydrogen-bond acceptors (Lipinski definition) is 4. The number of hydrogen-bond donors (Lipinski definition) is 4. The van der Waals surface area contributed by atoms with Crippen molar-refractivity contribution in [1.82, 2.24) is 5.32 Å². The Labute approximate surface area is 121 Å². The molecule has 0 radical (unpaired) electrons. The van der Waals surface area contributed by atoms with Crippen molar-refractivity contribution in [1.29, 1.82) is 0 Å². The minimum atomic E-state index is -0.957. The Morgan fingerprint density at radius 2 is 1.76 bits per heavy atom. The van der Waals surface area contributed by atoms with Gasteiger partial charge in [0.2, 0.25) is 0 Å². The first-order valence-corrected chi connectivity index (χ1v) is 6.67. The molecule has 1 aliphatic rings. The van der Waals surface area contributed by atoms with E-state index in [1.807, 2.05) is 0 Å². The Kier molecular flexibility index (Phi) is 3.27. The van der Waals surface area contributed by atoms with Crippen LogP contribution >= 0.6 is 0 Å². The summed E-state index contributed by atoms with van der Waals surface area (Å²) in [6.45, 7) is 0.753. The number of aromatic hydroxyl groups is 2. The van der Waals surface area contributed by atoms with E-state index in [9.17, 15) is 15.0 Å². The lowest BCUT2D eigenvalue weighted by Crippen LogP contribution is -2.30. The molecule has 2 aromatic rings. The first-order chi connectivity index (χ1) is 10.1. The van der Waals surface area contributed by atoms with Gasteiger partial charge in [-0.2, -0.15) is 0 Å². The van der Waals surface area contributed by atoms with Gasteiger partial charge in [0.1, 0.15) is 0 Å². The minimum absolute atomic E-state index is 0.115. The van der Waals surface area contributed by atoms with E-state index in [-0.39, 0.29) is 23.1 Å². The van der Waals surface area contributed by atoms with Gasteiger partial charge in [0.15, 0.2) is 11.5 Å². The quantitative estimate of drug-likeness (QED) is 0.634. The van der Waals surface area contributed by atoms with Crippen LogP contribution in [0.3, 0.4) is 0 Å². The summed E-state index contributed by atoms with van der Waals surface area (Å²) in [4.78, 5) is 10.9. The van der Waals surface area contributed by atoms with E-state index in [1.54, 1.807) is 36.4 Å². The molecule has 0 unspecified atom stereocenters. The first kappa shape index (κ1) is 13.5. The number of phenolic OH excluding ortho intramolecular Hbond substituents is 2. The summed E-state index contributed by atoms with van der Waals surface area (Å²) in [5.74, 6) is -1.22. The van der Waals surface area contributed by atoms with Crippen LogP contribution in [0.25, 0.3) is 0 Å². The van der Waals surface area contributed by atoms with E-state index in [4.69, 9.17) is 5.11 Å². The largest absolute Gasteiger partial charge is 0.504 e. The lowest BCUT2D eigenvalue weighted by molar-refractivity contribution is 0.0697. The van der Waals surface area contributed by atoms with Gasteiger partial charge in [-0.1, -0.05) is 12.1 Å². The van der Waals surface area contributed by atoms with Crippen LogP contribution < -0.4 is 5.32 Å². The van der Waals surface area contributed by atoms with Crippen LogP contribution in [0.4, 0.5) is 0 Å². The van der Waals surface area contributed by atoms with Crippen molar-refractivity contribution in [2.45, 2.75) is 12.5 Å². The molecule has 1 atom stereocenters. The fourth-order valence-electron chi connectivity index (χ4n) is 2.70. The van der Waals surface area contributed by atoms with Gasteiger partial charge in [-0.25, -0.2) is 4.79 Å². The highest BCUT2D eigenvalue weighted by Crippen LogP contribution is 2.36. The van der Waals surface area contributed by atoms with Crippen molar-refractivity contribution in [2.75, 3.05) is 6.54 Å². The maximum atomic E-state index is 10.9. The molecular formula is C16H15NO4. The number of aromatic carboxylic acids is 1. The molecule has 4 N–H and O–H groups in total. The number of carboxylic acid groups (broad SMARTS) is 1. The predicted molar refractivity (Wildman–Crippen MR) is 76.7 cm³/mol. The van der Waals surface area contributed by atoms with Crippen LogP contribution in [-0.4, -0.2) is 27.8 Å². The van der Waals surface area contributed by atoms with Gasteiger partial charge in [0.05, 0.1) is 11.6 Å². The molecule has 5 nitrogen and oxygen atoms in total. The van der Waals surface area contributed by atoms with Gasteiger partial charge >= 0.3 is 5.97 Å². The SMILES string of the molecule is O=C(O)c1ccc([C@H]2NCCc3cc(O)c(O)cc32)cc1. The lowest BCUT2D eigenvalue weighted by Gasteiger charge is -2.27. The molecule has 0 fully saturated rings. The zero-order chi connectivity index (χ0) is 15.0. The Morgan fingerprint density at radius 3 is 2.43 bits per heavy atom. The Morgan fingerprint density at radius 1 is 1.10 bits per heavy atom. The molecule has 3 rings (SSSR count). The maximum Gasteiger partial charge on any atom is 0.335 e. The van der Waals surface area contributed by atoms with Crippen molar-refractivity contribution < 1.29 is 20.1 Å². The molecule has 0 spiro atoms. The lowest BCUT2D eigenvalue weighted by atomic mass is 9.89. The normalized spacial score (nSPS) is 17.2. The average molecular weight is 285 g/mol. The van der Waals surface area contributed by atoms with Crippen LogP contribution in [0.1, 0.15) is 33.1 Å². The molecule has 0 amide bonds. The van der Waals surface area contributed by atoms with Gasteiger partial charge in [0, 0.05) is 6.54 Å². The summed E-state index contributed by atoms with van der Waals surface area (Å²) in [6, 6.07) is 9.68. The van der Waals surface area contributed by atoms with Crippen molar-refractivity contribution in [3.05, 3.63) is 58.7 Å². The predicted octanol–water partition coefficient (Wildman–Crippen LogP) is 2.03. The van der Waals surface area contributed by atoms with E-state index in [0.29, 0.717) is 0 Å². The van der Waals surface area contributed by atoms with Crippen LogP contribution in [0.5, 0.6) is 11.5 Å². The van der Waals surface area contributed by atoms with Crippen molar-refractivity contribution in [3.63, 3.8) is 0 Å². The van der Waals surface area contributed by atoms with E-state index >= 15 is 0 Å². The highest BCUT2D eigenvalue weighted by atomic mass is 16.4. The van der Waals surface area contributed by atoms with Crippen molar-refractivity contribution >= 4 is 5.97 Å². The number of carbonyl (C=O) groups is 1. The third-order valence-corrected chi connectivity index (χ3v) is 3.78. The van der Waals surface area contributed by atoms with Crippen molar-refractivity contribution in [3.8, 4) is 11.5 Å². The number of benzene rings is 2. The Bertz CT molecular complexity index is 694. The highest BCUT2D eigenvalue weighted by molar-refractivity contribution is 5.87. The molecule has 0 aromatic heterocycles. The molecule has 0 saturated heterocycles. The zero-order valence-electron chi connectivity index (χ0n) is 11.2. The average Bonchev–Trinajstić information content (AvgIpc) is 2.48. The van der Waals surface area contributed by atoms with Crippen LogP contribution in [0.2, 0.25) is 0 Å². The molecule has 2 aromatic carbocycles. The van der Waals surface area contributed by atoms with Gasteiger partial charge in [-0.15, -0.1) is 0 Å². The Balaban J connectivity index is 2.01. The highest BCUT2D eigenvalue weighted by Gasteiger charge is 2.23. The molecule has 21 heavy (non-hydrogen) atoms. The smallest absolute Gasteiger partial charge is 0.335 e. The zero-order valence-corrected chi connectivity index (χ0v) is 11.2. The first-order valence-electron chi connectivity index (χ1n) is 6.67. The fourth-order valence-corrected chi connectivity index (χ4v) is 2.70. The second-order valence-corrected chi connectivity index (χ2v) is 5.10. The van der Waals surface area contributed by atoms with Gasteiger partial charge in [0.25, 0.3) is 0 Å². The summed E-state index contributed by atoms with van der Waals surface area (Å²) in [6.07, 6.45) is 0.771. The third kappa shape index (κ3) is 2.43. The number of nitrogens with one attached hydrogen (secondary N) is 1. The van der Waals surface area contributed by atoms with Gasteiger partial charge in [-0.3, -0.25) is 0 Å².